The molecule has 0 aromatic heterocycles. The van der Waals surface area contributed by atoms with Crippen LogP contribution in [-0.2, 0) is 0 Å². The van der Waals surface area contributed by atoms with Gasteiger partial charge in [0.05, 0.1) is 17.7 Å². The van der Waals surface area contributed by atoms with E-state index in [1.54, 1.807) is 12.3 Å². The predicted molar refractivity (Wildman–Crippen MR) is 99.0 cm³/mol. The van der Waals surface area contributed by atoms with Crippen LogP contribution in [0.25, 0.3) is 0 Å². The second-order valence-electron chi connectivity index (χ2n) is 5.35. The molecule has 0 radical (unpaired) electrons. The number of aliphatic imine (C=N–C) groups is 1. The Kier molecular flexibility index (Phi) is 5.05. The summed E-state index contributed by atoms with van der Waals surface area (Å²) in [5.41, 5.74) is 3.51. The molecule has 1 atom stereocenters. The Bertz CT molecular complexity index is 881. The molecule has 3 aromatic carbocycles. The van der Waals surface area contributed by atoms with E-state index in [-0.39, 0.29) is 5.92 Å². The van der Waals surface area contributed by atoms with Crippen LogP contribution in [-0.4, -0.2) is 6.21 Å². The lowest BCUT2D eigenvalue weighted by atomic mass is 9.92. The summed E-state index contributed by atoms with van der Waals surface area (Å²) in [5, 5.41) is 10.1. The van der Waals surface area contributed by atoms with Crippen molar-refractivity contribution in [2.75, 3.05) is 0 Å². The number of nitriles is 1. The van der Waals surface area contributed by atoms with Crippen molar-refractivity contribution in [1.29, 1.82) is 5.26 Å². The average molecular weight is 331 g/mol. The minimum Gasteiger partial charge on any atom is -0.256 e. The van der Waals surface area contributed by atoms with Crippen molar-refractivity contribution in [2.45, 2.75) is 5.92 Å². The molecule has 0 saturated heterocycles. The third kappa shape index (κ3) is 3.71. The molecule has 0 N–H and O–H groups in total. The Morgan fingerprint density at radius 1 is 0.917 bits per heavy atom. The highest BCUT2D eigenvalue weighted by atomic mass is 35.5. The first-order valence-corrected chi connectivity index (χ1v) is 7.99. The number of halogens is 1. The molecule has 0 fully saturated rings. The van der Waals surface area contributed by atoms with Gasteiger partial charge in [0.25, 0.3) is 0 Å². The molecule has 116 valence electrons. The van der Waals surface area contributed by atoms with Crippen LogP contribution in [0.4, 0.5) is 5.69 Å². The Morgan fingerprint density at radius 3 is 2.21 bits per heavy atom. The molecule has 0 saturated carbocycles. The molecule has 0 aliphatic carbocycles. The normalized spacial score (nSPS) is 12.0. The highest BCUT2D eigenvalue weighted by Gasteiger charge is 2.16. The summed E-state index contributed by atoms with van der Waals surface area (Å²) in [5.74, 6) is -0.383. The molecule has 3 heteroatoms. The fourth-order valence-electron chi connectivity index (χ4n) is 2.49. The van der Waals surface area contributed by atoms with Gasteiger partial charge in [-0.2, -0.15) is 5.26 Å². The smallest absolute Gasteiger partial charge is 0.0977 e. The number of nitrogens with zero attached hydrogens (tertiary/aromatic N) is 2. The summed E-state index contributed by atoms with van der Waals surface area (Å²) in [6.07, 6.45) is 1.80. The monoisotopic (exact) mass is 330 g/mol. The van der Waals surface area contributed by atoms with Gasteiger partial charge in [0.1, 0.15) is 0 Å². The van der Waals surface area contributed by atoms with Crippen LogP contribution in [0.2, 0.25) is 5.02 Å². The second kappa shape index (κ2) is 7.59. The Balaban J connectivity index is 1.87. The first-order valence-electron chi connectivity index (χ1n) is 7.61. The molecule has 0 amide bonds. The van der Waals surface area contributed by atoms with E-state index in [9.17, 15) is 5.26 Å². The summed E-state index contributed by atoms with van der Waals surface area (Å²) in [6.45, 7) is 0. The molecular formula is C21H15ClN2. The topological polar surface area (TPSA) is 36.1 Å². The van der Waals surface area contributed by atoms with E-state index in [1.165, 1.54) is 0 Å². The highest BCUT2D eigenvalue weighted by Crippen LogP contribution is 2.32. The van der Waals surface area contributed by atoms with Crippen molar-refractivity contribution in [3.05, 3.63) is 101 Å². The van der Waals surface area contributed by atoms with Gasteiger partial charge in [-0.05, 0) is 28.8 Å². The van der Waals surface area contributed by atoms with Gasteiger partial charge in [-0.3, -0.25) is 4.99 Å². The molecule has 2 nitrogen and oxygen atoms in total. The van der Waals surface area contributed by atoms with Crippen LogP contribution < -0.4 is 0 Å². The SMILES string of the molecule is N#CC(c1ccccc1)c1ccc(N=Cc2ccccc2)cc1Cl. The van der Waals surface area contributed by atoms with E-state index in [2.05, 4.69) is 11.1 Å². The quantitative estimate of drug-likeness (QED) is 0.561. The zero-order valence-electron chi connectivity index (χ0n) is 12.9. The van der Waals surface area contributed by atoms with E-state index in [0.29, 0.717) is 5.02 Å². The van der Waals surface area contributed by atoms with Crippen molar-refractivity contribution >= 4 is 23.5 Å². The highest BCUT2D eigenvalue weighted by molar-refractivity contribution is 6.31. The second-order valence-corrected chi connectivity index (χ2v) is 5.75. The lowest BCUT2D eigenvalue weighted by Crippen LogP contribution is -1.98. The van der Waals surface area contributed by atoms with Crippen LogP contribution in [0.15, 0.2) is 83.9 Å². The van der Waals surface area contributed by atoms with Gasteiger partial charge in [-0.15, -0.1) is 0 Å². The number of rotatable bonds is 4. The number of hydrogen-bond acceptors (Lipinski definition) is 2. The Labute approximate surface area is 146 Å². The molecule has 0 bridgehead atoms. The average Bonchev–Trinajstić information content (AvgIpc) is 2.64. The molecule has 0 aliphatic rings. The number of benzene rings is 3. The molecule has 0 heterocycles. The minimum absolute atomic E-state index is 0.383. The molecular weight excluding hydrogens is 316 g/mol. The van der Waals surface area contributed by atoms with Gasteiger partial charge in [0.15, 0.2) is 0 Å². The molecule has 24 heavy (non-hydrogen) atoms. The maximum Gasteiger partial charge on any atom is 0.0977 e. The van der Waals surface area contributed by atoms with E-state index < -0.39 is 0 Å². The lowest BCUT2D eigenvalue weighted by Gasteiger charge is -2.12. The van der Waals surface area contributed by atoms with E-state index in [1.807, 2.05) is 72.8 Å². The summed E-state index contributed by atoms with van der Waals surface area (Å²) in [7, 11) is 0. The van der Waals surface area contributed by atoms with Gasteiger partial charge in [-0.25, -0.2) is 0 Å². The lowest BCUT2D eigenvalue weighted by molar-refractivity contribution is 1.04. The maximum absolute atomic E-state index is 9.54. The minimum atomic E-state index is -0.383. The van der Waals surface area contributed by atoms with Crippen LogP contribution in [0.5, 0.6) is 0 Å². The fourth-order valence-corrected chi connectivity index (χ4v) is 2.77. The summed E-state index contributed by atoms with van der Waals surface area (Å²) in [6, 6.07) is 27.4. The van der Waals surface area contributed by atoms with Gasteiger partial charge < -0.3 is 0 Å². The van der Waals surface area contributed by atoms with E-state index in [4.69, 9.17) is 11.6 Å². The van der Waals surface area contributed by atoms with Crippen molar-refractivity contribution in [1.82, 2.24) is 0 Å². The van der Waals surface area contributed by atoms with Crippen molar-refractivity contribution in [2.24, 2.45) is 4.99 Å². The molecule has 0 aliphatic heterocycles. The summed E-state index contributed by atoms with van der Waals surface area (Å²) < 4.78 is 0. The van der Waals surface area contributed by atoms with Gasteiger partial charge in [-0.1, -0.05) is 78.3 Å². The van der Waals surface area contributed by atoms with Gasteiger partial charge in [0.2, 0.25) is 0 Å². The van der Waals surface area contributed by atoms with Crippen LogP contribution in [0, 0.1) is 11.3 Å². The first-order chi connectivity index (χ1) is 11.8. The maximum atomic E-state index is 9.54. The van der Waals surface area contributed by atoms with E-state index in [0.717, 1.165) is 22.4 Å². The zero-order valence-corrected chi connectivity index (χ0v) is 13.7. The molecule has 3 aromatic rings. The molecule has 0 spiro atoms. The molecule has 3 rings (SSSR count). The van der Waals surface area contributed by atoms with Crippen LogP contribution in [0.1, 0.15) is 22.6 Å². The van der Waals surface area contributed by atoms with Gasteiger partial charge in [0, 0.05) is 11.2 Å². The Hall–Kier alpha value is -2.89. The third-order valence-electron chi connectivity index (χ3n) is 3.72. The summed E-state index contributed by atoms with van der Waals surface area (Å²) >= 11 is 6.41. The predicted octanol–water partition coefficient (Wildman–Crippen LogP) is 5.75. The van der Waals surface area contributed by atoms with E-state index >= 15 is 0 Å². The fraction of sp³-hybridized carbons (Fsp3) is 0.0476. The zero-order chi connectivity index (χ0) is 16.8. The van der Waals surface area contributed by atoms with Gasteiger partial charge >= 0.3 is 0 Å². The van der Waals surface area contributed by atoms with Crippen molar-refractivity contribution < 1.29 is 0 Å². The summed E-state index contributed by atoms with van der Waals surface area (Å²) in [4.78, 5) is 4.44. The standard InChI is InChI=1S/C21H15ClN2/c22-21-13-18(24-15-16-7-3-1-4-8-16)11-12-19(21)20(14-23)17-9-5-2-6-10-17/h1-13,15,20H. The number of hydrogen-bond donors (Lipinski definition) is 0. The van der Waals surface area contributed by atoms with Crippen molar-refractivity contribution in [3.63, 3.8) is 0 Å². The Morgan fingerprint density at radius 2 is 1.58 bits per heavy atom. The van der Waals surface area contributed by atoms with Crippen molar-refractivity contribution in [3.8, 4) is 6.07 Å². The first kappa shape index (κ1) is 16.0. The molecule has 1 unspecified atom stereocenters. The third-order valence-corrected chi connectivity index (χ3v) is 4.05. The van der Waals surface area contributed by atoms with Crippen LogP contribution in [0.3, 0.4) is 0 Å². The van der Waals surface area contributed by atoms with Crippen LogP contribution >= 0.6 is 11.6 Å². The largest absolute Gasteiger partial charge is 0.256 e.